The highest BCUT2D eigenvalue weighted by molar-refractivity contribution is 6.53. The molecule has 2 amide bonds. The number of carbonyl (C=O) groups is 6. The zero-order valence-electron chi connectivity index (χ0n) is 20.0. The molecule has 10 heteroatoms. The van der Waals surface area contributed by atoms with Gasteiger partial charge in [0, 0.05) is 53.7 Å². The quantitative estimate of drug-likeness (QED) is 0.378. The molecule has 0 aromatic heterocycles. The van der Waals surface area contributed by atoms with E-state index in [1.165, 1.54) is 26.4 Å². The first-order chi connectivity index (χ1) is 17.2. The van der Waals surface area contributed by atoms with Crippen molar-refractivity contribution in [3.63, 3.8) is 0 Å². The van der Waals surface area contributed by atoms with Crippen molar-refractivity contribution in [3.05, 3.63) is 47.5 Å². The number of nitrogens with one attached hydrogen (secondary N) is 2. The first kappa shape index (κ1) is 26.3. The topological polar surface area (TPSA) is 145 Å². The van der Waals surface area contributed by atoms with Gasteiger partial charge in [0.1, 0.15) is 0 Å². The van der Waals surface area contributed by atoms with Gasteiger partial charge in [0.05, 0.1) is 14.2 Å². The van der Waals surface area contributed by atoms with Crippen molar-refractivity contribution in [1.82, 2.24) is 0 Å². The van der Waals surface area contributed by atoms with Crippen LogP contribution in [0.25, 0.3) is 11.1 Å². The van der Waals surface area contributed by atoms with E-state index in [1.807, 2.05) is 0 Å². The van der Waals surface area contributed by atoms with E-state index in [1.54, 1.807) is 24.3 Å². The second kappa shape index (κ2) is 11.9. The number of ether oxygens (including phenoxy) is 2. The summed E-state index contributed by atoms with van der Waals surface area (Å²) in [6, 6.07) is 9.34. The summed E-state index contributed by atoms with van der Waals surface area (Å²) in [5.74, 6) is -2.97. The van der Waals surface area contributed by atoms with Crippen LogP contribution in [-0.4, -0.2) is 49.5 Å². The smallest absolute Gasteiger partial charge is 0.305 e. The summed E-state index contributed by atoms with van der Waals surface area (Å²) in [6.07, 6.45) is 0.952. The summed E-state index contributed by atoms with van der Waals surface area (Å²) >= 11 is 0. The van der Waals surface area contributed by atoms with Crippen molar-refractivity contribution in [2.45, 2.75) is 38.5 Å². The number of amides is 2. The molecule has 0 spiro atoms. The van der Waals surface area contributed by atoms with Crippen LogP contribution in [0.1, 0.15) is 59.2 Å². The molecule has 1 aliphatic carbocycles. The van der Waals surface area contributed by atoms with Crippen molar-refractivity contribution in [2.24, 2.45) is 0 Å². The Balaban J connectivity index is 1.80. The largest absolute Gasteiger partial charge is 0.469 e. The van der Waals surface area contributed by atoms with Gasteiger partial charge in [0.25, 0.3) is 0 Å². The van der Waals surface area contributed by atoms with E-state index in [0.29, 0.717) is 35.3 Å². The van der Waals surface area contributed by atoms with Gasteiger partial charge in [-0.25, -0.2) is 0 Å². The van der Waals surface area contributed by atoms with Gasteiger partial charge in [0.2, 0.25) is 23.4 Å². The molecule has 188 valence electrons. The number of ketones is 2. The lowest BCUT2D eigenvalue weighted by molar-refractivity contribution is -0.141. The number of methoxy groups -OCH3 is 2. The van der Waals surface area contributed by atoms with Crippen LogP contribution in [0.4, 0.5) is 11.4 Å². The normalized spacial score (nSPS) is 11.7. The van der Waals surface area contributed by atoms with Crippen LogP contribution in [-0.2, 0) is 28.7 Å². The van der Waals surface area contributed by atoms with Crippen molar-refractivity contribution >= 4 is 46.7 Å². The van der Waals surface area contributed by atoms with E-state index < -0.39 is 23.5 Å². The number of Topliss-reactive ketones (excluding diaryl/α,β-unsaturated/α-hetero) is 2. The number of carbonyl (C=O) groups excluding carboxylic acids is 6. The number of hydrogen-bond acceptors (Lipinski definition) is 8. The number of esters is 2. The molecular weight excluding hydrogens is 468 g/mol. The fraction of sp³-hybridized carbons (Fsp3) is 0.308. The third kappa shape index (κ3) is 6.21. The van der Waals surface area contributed by atoms with Gasteiger partial charge >= 0.3 is 11.9 Å². The second-order valence-corrected chi connectivity index (χ2v) is 8.10. The molecular formula is C26H26N2O8. The van der Waals surface area contributed by atoms with Crippen molar-refractivity contribution in [1.29, 1.82) is 0 Å². The van der Waals surface area contributed by atoms with Crippen molar-refractivity contribution in [3.8, 4) is 11.1 Å². The van der Waals surface area contributed by atoms with Crippen LogP contribution in [0.15, 0.2) is 36.4 Å². The van der Waals surface area contributed by atoms with Gasteiger partial charge in [-0.1, -0.05) is 18.2 Å². The average molecular weight is 495 g/mol. The fourth-order valence-corrected chi connectivity index (χ4v) is 3.84. The molecule has 2 N–H and O–H groups in total. The van der Waals surface area contributed by atoms with E-state index in [-0.39, 0.29) is 48.6 Å². The molecule has 0 fully saturated rings. The highest BCUT2D eigenvalue weighted by atomic mass is 16.5. The van der Waals surface area contributed by atoms with E-state index >= 15 is 0 Å². The molecule has 3 rings (SSSR count). The standard InChI is InChI=1S/C26H26N2O8/c1-35-22(31)10-4-8-20(29)27-15-12-13-16-18(14-15)26(34)25(33)17-6-3-7-19(24(16)17)28-21(30)9-5-11-23(32)36-2/h3,6-7,12-14H,4-5,8-11H2,1-2H3,(H,27,29)(H,28,30). The molecule has 0 unspecified atom stereocenters. The lowest BCUT2D eigenvalue weighted by Crippen LogP contribution is -2.23. The van der Waals surface area contributed by atoms with Gasteiger partial charge in [-0.3, -0.25) is 28.8 Å². The number of rotatable bonds is 10. The maximum Gasteiger partial charge on any atom is 0.305 e. The van der Waals surface area contributed by atoms with Crippen molar-refractivity contribution in [2.75, 3.05) is 24.9 Å². The summed E-state index contributed by atoms with van der Waals surface area (Å²) < 4.78 is 9.11. The van der Waals surface area contributed by atoms with Gasteiger partial charge in [0.15, 0.2) is 0 Å². The summed E-state index contributed by atoms with van der Waals surface area (Å²) in [4.78, 5) is 72.8. The predicted octanol–water partition coefficient (Wildman–Crippen LogP) is 3.30. The first-order valence-corrected chi connectivity index (χ1v) is 11.3. The molecule has 0 saturated heterocycles. The van der Waals surface area contributed by atoms with Crippen molar-refractivity contribution < 1.29 is 38.2 Å². The van der Waals surface area contributed by atoms with E-state index in [0.717, 1.165) is 0 Å². The third-order valence-corrected chi connectivity index (χ3v) is 5.63. The molecule has 10 nitrogen and oxygen atoms in total. The summed E-state index contributed by atoms with van der Waals surface area (Å²) in [5, 5.41) is 5.42. The lowest BCUT2D eigenvalue weighted by atomic mass is 9.82. The Kier molecular flexibility index (Phi) is 8.66. The fourth-order valence-electron chi connectivity index (χ4n) is 3.84. The Morgan fingerprint density at radius 2 is 1.28 bits per heavy atom. The highest BCUT2D eigenvalue weighted by Gasteiger charge is 2.32. The Morgan fingerprint density at radius 1 is 0.694 bits per heavy atom. The van der Waals surface area contributed by atoms with Crippen LogP contribution < -0.4 is 10.6 Å². The van der Waals surface area contributed by atoms with Crippen LogP contribution >= 0.6 is 0 Å². The Labute approximate surface area is 207 Å². The lowest BCUT2D eigenvalue weighted by Gasteiger charge is -2.22. The summed E-state index contributed by atoms with van der Waals surface area (Å²) in [5.41, 5.74) is 1.81. The Bertz CT molecular complexity index is 1230. The molecule has 0 heterocycles. The van der Waals surface area contributed by atoms with Crippen LogP contribution in [0.5, 0.6) is 0 Å². The van der Waals surface area contributed by atoms with Crippen LogP contribution in [0.2, 0.25) is 0 Å². The third-order valence-electron chi connectivity index (χ3n) is 5.63. The van der Waals surface area contributed by atoms with Gasteiger partial charge in [-0.2, -0.15) is 0 Å². The molecule has 0 saturated carbocycles. The second-order valence-electron chi connectivity index (χ2n) is 8.10. The van der Waals surface area contributed by atoms with E-state index in [9.17, 15) is 28.8 Å². The Morgan fingerprint density at radius 3 is 1.89 bits per heavy atom. The minimum Gasteiger partial charge on any atom is -0.469 e. The zero-order chi connectivity index (χ0) is 26.2. The number of benzene rings is 2. The molecule has 0 aliphatic heterocycles. The molecule has 36 heavy (non-hydrogen) atoms. The number of hydrogen-bond donors (Lipinski definition) is 2. The predicted molar refractivity (Wildman–Crippen MR) is 130 cm³/mol. The summed E-state index contributed by atoms with van der Waals surface area (Å²) in [6.45, 7) is 0. The van der Waals surface area contributed by atoms with Crippen LogP contribution in [0.3, 0.4) is 0 Å². The zero-order valence-corrected chi connectivity index (χ0v) is 20.0. The average Bonchev–Trinajstić information content (AvgIpc) is 2.86. The monoisotopic (exact) mass is 494 g/mol. The van der Waals surface area contributed by atoms with E-state index in [4.69, 9.17) is 0 Å². The minimum absolute atomic E-state index is 0.0689. The number of anilines is 2. The van der Waals surface area contributed by atoms with Gasteiger partial charge in [-0.15, -0.1) is 0 Å². The Hall–Kier alpha value is -4.34. The molecule has 0 bridgehead atoms. The van der Waals surface area contributed by atoms with Gasteiger partial charge in [-0.05, 0) is 36.6 Å². The maximum absolute atomic E-state index is 12.8. The SMILES string of the molecule is COC(=O)CCCC(=O)Nc1ccc2c(c1)C(=O)C(=O)c1cccc(NC(=O)CCCC(=O)OC)c1-2. The van der Waals surface area contributed by atoms with Crippen LogP contribution in [0, 0.1) is 0 Å². The molecule has 2 aromatic rings. The summed E-state index contributed by atoms with van der Waals surface area (Å²) in [7, 11) is 2.55. The number of fused-ring (bicyclic) bond motifs is 3. The maximum atomic E-state index is 12.8. The van der Waals surface area contributed by atoms with Gasteiger partial charge < -0.3 is 20.1 Å². The first-order valence-electron chi connectivity index (χ1n) is 11.3. The molecule has 0 atom stereocenters. The molecule has 0 radical (unpaired) electrons. The molecule has 1 aliphatic rings. The minimum atomic E-state index is -0.721. The highest BCUT2D eigenvalue weighted by Crippen LogP contribution is 2.39. The van der Waals surface area contributed by atoms with E-state index in [2.05, 4.69) is 20.1 Å². The molecule has 2 aromatic carbocycles.